The third kappa shape index (κ3) is 2.97. The zero-order valence-corrected chi connectivity index (χ0v) is 14.4. The van der Waals surface area contributed by atoms with Crippen LogP contribution in [0.15, 0.2) is 0 Å². The normalized spacial score (nSPS) is 28.8. The van der Waals surface area contributed by atoms with Crippen LogP contribution in [0.1, 0.15) is 67.2 Å². The van der Waals surface area contributed by atoms with Gasteiger partial charge in [-0.15, -0.1) is 12.4 Å². The van der Waals surface area contributed by atoms with Crippen LogP contribution in [0, 0.1) is 0 Å². The number of amides is 1. The van der Waals surface area contributed by atoms with Crippen molar-refractivity contribution in [3.8, 4) is 0 Å². The summed E-state index contributed by atoms with van der Waals surface area (Å²) in [7, 11) is 0. The maximum absolute atomic E-state index is 12.4. The highest BCUT2D eigenvalue weighted by Crippen LogP contribution is 2.44. The van der Waals surface area contributed by atoms with Crippen LogP contribution in [-0.4, -0.2) is 28.3 Å². The molecule has 0 unspecified atom stereocenters. The molecule has 2 aliphatic heterocycles. The van der Waals surface area contributed by atoms with E-state index < -0.39 is 11.3 Å². The Kier molecular flexibility index (Phi) is 4.56. The number of carbonyl (C=O) groups is 1. The minimum atomic E-state index is -0.635. The highest BCUT2D eigenvalue weighted by Gasteiger charge is 2.58. The fraction of sp³-hybridized carbons (Fsp3) is 0.933. The van der Waals surface area contributed by atoms with Gasteiger partial charge in [0.2, 0.25) is 0 Å². The van der Waals surface area contributed by atoms with Crippen LogP contribution in [0.2, 0.25) is 0 Å². The predicted molar refractivity (Wildman–Crippen MR) is 83.0 cm³/mol. The molecule has 0 aromatic carbocycles. The molecular formula is C15H29ClN2O2. The molecule has 5 heteroatoms. The Bertz CT molecular complexity index is 373. The Morgan fingerprint density at radius 2 is 1.50 bits per heavy atom. The first-order valence-electron chi connectivity index (χ1n) is 7.40. The van der Waals surface area contributed by atoms with E-state index in [1.807, 2.05) is 13.8 Å². The molecule has 118 valence electrons. The molecule has 2 fully saturated rings. The first-order chi connectivity index (χ1) is 8.58. The Labute approximate surface area is 128 Å². The molecule has 1 spiro atoms. The lowest BCUT2D eigenvalue weighted by Crippen LogP contribution is -2.66. The van der Waals surface area contributed by atoms with Gasteiger partial charge in [0.1, 0.15) is 11.3 Å². The van der Waals surface area contributed by atoms with E-state index >= 15 is 0 Å². The van der Waals surface area contributed by atoms with Crippen molar-refractivity contribution < 1.29 is 9.53 Å². The van der Waals surface area contributed by atoms with Gasteiger partial charge in [0.15, 0.2) is 0 Å². The number of hydrogen-bond donors (Lipinski definition) is 2. The average molecular weight is 305 g/mol. The molecule has 0 aromatic heterocycles. The van der Waals surface area contributed by atoms with Gasteiger partial charge in [-0.1, -0.05) is 13.8 Å². The van der Waals surface area contributed by atoms with Crippen LogP contribution in [0.3, 0.4) is 0 Å². The largest absolute Gasteiger partial charge is 0.339 e. The molecule has 2 aliphatic rings. The first-order valence-corrected chi connectivity index (χ1v) is 7.40. The predicted octanol–water partition coefficient (Wildman–Crippen LogP) is 2.75. The highest BCUT2D eigenvalue weighted by molar-refractivity contribution is 5.87. The van der Waals surface area contributed by atoms with E-state index in [0.717, 1.165) is 25.7 Å². The van der Waals surface area contributed by atoms with Gasteiger partial charge in [-0.25, -0.2) is 0 Å². The third-order valence-electron chi connectivity index (χ3n) is 4.42. The fourth-order valence-electron chi connectivity index (χ4n) is 4.14. The molecule has 2 N–H and O–H groups in total. The minimum absolute atomic E-state index is 0. The smallest absolute Gasteiger partial charge is 0.254 e. The third-order valence-corrected chi connectivity index (χ3v) is 4.42. The fourth-order valence-corrected chi connectivity index (χ4v) is 4.14. The summed E-state index contributed by atoms with van der Waals surface area (Å²) in [6.45, 7) is 12.7. The standard InChI is InChI=1S/C15H28N2O2.ClH/c1-7-14(8-2)11(18)16-15(19-14)9-12(3,4)17-13(5,6)10-15;/h17H,7-10H2,1-6H3,(H,16,18);1H. The van der Waals surface area contributed by atoms with Gasteiger partial charge in [0.05, 0.1) is 0 Å². The molecule has 0 atom stereocenters. The second-order valence-electron chi connectivity index (χ2n) is 7.50. The van der Waals surface area contributed by atoms with Crippen molar-refractivity contribution in [3.63, 3.8) is 0 Å². The van der Waals surface area contributed by atoms with E-state index in [1.54, 1.807) is 0 Å². The van der Waals surface area contributed by atoms with Gasteiger partial charge >= 0.3 is 0 Å². The summed E-state index contributed by atoms with van der Waals surface area (Å²) in [5.41, 5.74) is -1.25. The van der Waals surface area contributed by atoms with Crippen molar-refractivity contribution in [1.29, 1.82) is 0 Å². The lowest BCUT2D eigenvalue weighted by atomic mass is 9.77. The molecule has 2 saturated heterocycles. The molecule has 0 radical (unpaired) electrons. The Hall–Kier alpha value is -0.320. The summed E-state index contributed by atoms with van der Waals surface area (Å²) in [5.74, 6) is 0.0611. The van der Waals surface area contributed by atoms with E-state index in [0.29, 0.717) is 0 Å². The van der Waals surface area contributed by atoms with Crippen molar-refractivity contribution in [3.05, 3.63) is 0 Å². The van der Waals surface area contributed by atoms with Gasteiger partial charge in [0.25, 0.3) is 5.91 Å². The zero-order chi connectivity index (χ0) is 14.5. The Morgan fingerprint density at radius 1 is 1.05 bits per heavy atom. The molecule has 1 amide bonds. The number of carbonyl (C=O) groups excluding carboxylic acids is 1. The monoisotopic (exact) mass is 304 g/mol. The minimum Gasteiger partial charge on any atom is -0.339 e. The van der Waals surface area contributed by atoms with Crippen LogP contribution in [0.25, 0.3) is 0 Å². The molecule has 4 nitrogen and oxygen atoms in total. The summed E-state index contributed by atoms with van der Waals surface area (Å²) in [4.78, 5) is 12.4. The van der Waals surface area contributed by atoms with Gasteiger partial charge in [0, 0.05) is 23.9 Å². The lowest BCUT2D eigenvalue weighted by molar-refractivity contribution is -0.160. The van der Waals surface area contributed by atoms with Gasteiger partial charge < -0.3 is 15.4 Å². The summed E-state index contributed by atoms with van der Waals surface area (Å²) in [5, 5.41) is 6.80. The molecule has 2 heterocycles. The molecule has 0 bridgehead atoms. The van der Waals surface area contributed by atoms with Crippen LogP contribution in [-0.2, 0) is 9.53 Å². The summed E-state index contributed by atoms with van der Waals surface area (Å²) < 4.78 is 6.36. The second kappa shape index (κ2) is 5.15. The van der Waals surface area contributed by atoms with Crippen molar-refractivity contribution in [2.75, 3.05) is 0 Å². The number of ether oxygens (including phenoxy) is 1. The second-order valence-corrected chi connectivity index (χ2v) is 7.50. The van der Waals surface area contributed by atoms with E-state index in [2.05, 4.69) is 38.3 Å². The van der Waals surface area contributed by atoms with Crippen LogP contribution in [0.5, 0.6) is 0 Å². The number of halogens is 1. The highest BCUT2D eigenvalue weighted by atomic mass is 35.5. The quantitative estimate of drug-likeness (QED) is 0.825. The number of nitrogens with one attached hydrogen (secondary N) is 2. The zero-order valence-electron chi connectivity index (χ0n) is 13.6. The first kappa shape index (κ1) is 17.7. The van der Waals surface area contributed by atoms with E-state index in [1.165, 1.54) is 0 Å². The number of rotatable bonds is 2. The topological polar surface area (TPSA) is 50.4 Å². The van der Waals surface area contributed by atoms with Crippen molar-refractivity contribution in [2.45, 2.75) is 89.6 Å². The summed E-state index contributed by atoms with van der Waals surface area (Å²) in [6, 6.07) is 0. The summed E-state index contributed by atoms with van der Waals surface area (Å²) in [6.07, 6.45) is 3.06. The van der Waals surface area contributed by atoms with E-state index in [-0.39, 0.29) is 29.4 Å². The summed E-state index contributed by atoms with van der Waals surface area (Å²) >= 11 is 0. The Balaban J connectivity index is 0.00000200. The number of hydrogen-bond acceptors (Lipinski definition) is 3. The Morgan fingerprint density at radius 3 is 1.85 bits per heavy atom. The van der Waals surface area contributed by atoms with E-state index in [4.69, 9.17) is 4.74 Å². The van der Waals surface area contributed by atoms with E-state index in [9.17, 15) is 4.79 Å². The average Bonchev–Trinajstić information content (AvgIpc) is 2.45. The maximum Gasteiger partial charge on any atom is 0.254 e. The maximum atomic E-state index is 12.4. The van der Waals surface area contributed by atoms with Crippen LogP contribution in [0.4, 0.5) is 0 Å². The molecule has 0 aromatic rings. The number of piperidine rings is 1. The molecule has 0 aliphatic carbocycles. The molecule has 20 heavy (non-hydrogen) atoms. The van der Waals surface area contributed by atoms with Gasteiger partial charge in [-0.05, 0) is 40.5 Å². The van der Waals surface area contributed by atoms with Crippen LogP contribution < -0.4 is 10.6 Å². The molecule has 2 rings (SSSR count). The lowest BCUT2D eigenvalue weighted by Gasteiger charge is -2.51. The van der Waals surface area contributed by atoms with Crippen molar-refractivity contribution >= 4 is 18.3 Å². The molecule has 0 saturated carbocycles. The van der Waals surface area contributed by atoms with Crippen molar-refractivity contribution in [1.82, 2.24) is 10.6 Å². The van der Waals surface area contributed by atoms with Gasteiger partial charge in [-0.3, -0.25) is 4.79 Å². The van der Waals surface area contributed by atoms with Crippen molar-refractivity contribution in [2.24, 2.45) is 0 Å². The molecular weight excluding hydrogens is 276 g/mol. The SMILES string of the molecule is CCC1(CC)OC2(CC(C)(C)NC(C)(C)C2)NC1=O.Cl. The van der Waals surface area contributed by atoms with Gasteiger partial charge in [-0.2, -0.15) is 0 Å². The van der Waals surface area contributed by atoms with Crippen LogP contribution >= 0.6 is 12.4 Å².